The molecule has 3 heterocycles. The molecule has 12 heteroatoms. The first-order chi connectivity index (χ1) is 16.7. The molecule has 0 radical (unpaired) electrons. The van der Waals surface area contributed by atoms with Crippen LogP contribution in [0.4, 0.5) is 18.0 Å². The zero-order valence-electron chi connectivity index (χ0n) is 19.2. The smallest absolute Gasteiger partial charge is 0.406 e. The van der Waals surface area contributed by atoms with Crippen molar-refractivity contribution < 1.29 is 27.5 Å². The predicted molar refractivity (Wildman–Crippen MR) is 120 cm³/mol. The molecule has 9 nitrogen and oxygen atoms in total. The summed E-state index contributed by atoms with van der Waals surface area (Å²) in [5.41, 5.74) is 1.37. The summed E-state index contributed by atoms with van der Waals surface area (Å²) in [4.78, 5) is 30.8. The number of benzene rings is 1. The highest BCUT2D eigenvalue weighted by atomic mass is 19.4. The number of fused-ring (bicyclic) bond motifs is 1. The first-order valence-corrected chi connectivity index (χ1v) is 11.4. The maximum Gasteiger partial charge on any atom is 0.573 e. The molecule has 188 valence electrons. The van der Waals surface area contributed by atoms with Gasteiger partial charge in [0, 0.05) is 39.3 Å². The topological polar surface area (TPSA) is 94.7 Å². The Kier molecular flexibility index (Phi) is 7.27. The standard InChI is InChI=1S/C23H27F3N6O3/c1-30(15-19-12-27-29-28-19)22(34)32-13-17-8-10-31(11-9-18(17)14-32)21(33)7-4-16-2-5-20(6-3-16)35-23(24,25)26/h2-7,12,17-18H,8-11,13-15H2,1H3,(H,27,28,29)/b7-4+/t17-,18+. The number of hydrogen-bond donors (Lipinski definition) is 1. The van der Waals surface area contributed by atoms with Gasteiger partial charge in [0.05, 0.1) is 18.4 Å². The van der Waals surface area contributed by atoms with Gasteiger partial charge in [0.15, 0.2) is 0 Å². The summed E-state index contributed by atoms with van der Waals surface area (Å²) in [5.74, 6) is 0.228. The molecule has 2 aliphatic heterocycles. The number of H-pyrrole nitrogens is 1. The number of halogens is 3. The van der Waals surface area contributed by atoms with E-state index >= 15 is 0 Å². The number of carbonyl (C=O) groups is 2. The normalized spacial score (nSPS) is 20.6. The minimum Gasteiger partial charge on any atom is -0.406 e. The largest absolute Gasteiger partial charge is 0.573 e. The average molecular weight is 493 g/mol. The van der Waals surface area contributed by atoms with E-state index in [9.17, 15) is 22.8 Å². The molecule has 0 spiro atoms. The molecular weight excluding hydrogens is 465 g/mol. The number of nitrogens with one attached hydrogen (secondary N) is 1. The number of likely N-dealkylation sites (tertiary alicyclic amines) is 2. The van der Waals surface area contributed by atoms with Gasteiger partial charge in [-0.1, -0.05) is 17.3 Å². The summed E-state index contributed by atoms with van der Waals surface area (Å²) in [7, 11) is 1.75. The average Bonchev–Trinajstić information content (AvgIpc) is 3.42. The van der Waals surface area contributed by atoms with Crippen LogP contribution in [0, 0.1) is 11.8 Å². The number of hydrogen-bond acceptors (Lipinski definition) is 5. The summed E-state index contributed by atoms with van der Waals surface area (Å²) >= 11 is 0. The quantitative estimate of drug-likeness (QED) is 0.648. The van der Waals surface area contributed by atoms with Gasteiger partial charge in [-0.25, -0.2) is 4.79 Å². The van der Waals surface area contributed by atoms with E-state index in [-0.39, 0.29) is 17.7 Å². The van der Waals surface area contributed by atoms with Gasteiger partial charge in [0.25, 0.3) is 0 Å². The fraction of sp³-hybridized carbons (Fsp3) is 0.478. The van der Waals surface area contributed by atoms with Crippen molar-refractivity contribution in [3.8, 4) is 5.75 Å². The molecule has 3 amide bonds. The van der Waals surface area contributed by atoms with E-state index in [1.54, 1.807) is 29.1 Å². The summed E-state index contributed by atoms with van der Waals surface area (Å²) in [6.07, 6.45) is 1.50. The third-order valence-electron chi connectivity index (χ3n) is 6.43. The van der Waals surface area contributed by atoms with Crippen molar-refractivity contribution in [1.29, 1.82) is 0 Å². The van der Waals surface area contributed by atoms with Crippen LogP contribution in [0.3, 0.4) is 0 Å². The Bertz CT molecular complexity index is 1030. The SMILES string of the molecule is CN(Cc1cnn[nH]1)C(=O)N1C[C@H]2CCN(C(=O)/C=C/c3ccc(OC(F)(F)F)cc3)CC[C@H]2C1. The summed E-state index contributed by atoms with van der Waals surface area (Å²) in [6, 6.07) is 5.31. The number of aromatic nitrogens is 3. The number of carbonyl (C=O) groups excluding carboxylic acids is 2. The van der Waals surface area contributed by atoms with E-state index in [1.165, 1.54) is 30.3 Å². The van der Waals surface area contributed by atoms with Gasteiger partial charge in [0.1, 0.15) is 5.75 Å². The Morgan fingerprint density at radius 3 is 2.37 bits per heavy atom. The second-order valence-electron chi connectivity index (χ2n) is 8.90. The summed E-state index contributed by atoms with van der Waals surface area (Å²) < 4.78 is 40.7. The lowest BCUT2D eigenvalue weighted by Crippen LogP contribution is -2.40. The minimum atomic E-state index is -4.74. The van der Waals surface area contributed by atoms with Crippen molar-refractivity contribution >= 4 is 18.0 Å². The van der Waals surface area contributed by atoms with Gasteiger partial charge >= 0.3 is 12.4 Å². The second kappa shape index (κ2) is 10.4. The van der Waals surface area contributed by atoms with Crippen molar-refractivity contribution in [3.63, 3.8) is 0 Å². The van der Waals surface area contributed by atoms with Crippen LogP contribution in [-0.2, 0) is 11.3 Å². The van der Waals surface area contributed by atoms with Gasteiger partial charge in [-0.3, -0.25) is 9.89 Å². The van der Waals surface area contributed by atoms with Crippen molar-refractivity contribution in [3.05, 3.63) is 47.8 Å². The fourth-order valence-corrected chi connectivity index (χ4v) is 4.64. The molecule has 2 aliphatic rings. The molecule has 35 heavy (non-hydrogen) atoms. The van der Waals surface area contributed by atoms with Crippen molar-refractivity contribution in [1.82, 2.24) is 30.1 Å². The number of ether oxygens (including phenoxy) is 1. The first kappa shape index (κ1) is 24.6. The summed E-state index contributed by atoms with van der Waals surface area (Å²) in [5, 5.41) is 10.1. The minimum absolute atomic E-state index is 0.0322. The highest BCUT2D eigenvalue weighted by molar-refractivity contribution is 5.91. The van der Waals surface area contributed by atoms with Crippen LogP contribution in [0.2, 0.25) is 0 Å². The van der Waals surface area contributed by atoms with Crippen LogP contribution >= 0.6 is 0 Å². The Balaban J connectivity index is 1.26. The van der Waals surface area contributed by atoms with Gasteiger partial charge in [-0.05, 0) is 48.4 Å². The number of nitrogens with zero attached hydrogens (tertiary/aromatic N) is 5. The molecule has 2 atom stereocenters. The maximum atomic E-state index is 12.8. The highest BCUT2D eigenvalue weighted by Gasteiger charge is 2.38. The Hall–Kier alpha value is -3.57. The molecule has 1 N–H and O–H groups in total. The number of aromatic amines is 1. The summed E-state index contributed by atoms with van der Waals surface area (Å²) in [6.45, 7) is 2.93. The van der Waals surface area contributed by atoms with Crippen molar-refractivity contribution in [2.45, 2.75) is 25.7 Å². The molecule has 1 aromatic heterocycles. The van der Waals surface area contributed by atoms with Crippen LogP contribution in [0.1, 0.15) is 24.1 Å². The molecule has 0 bridgehead atoms. The zero-order chi connectivity index (χ0) is 25.0. The fourth-order valence-electron chi connectivity index (χ4n) is 4.64. The Morgan fingerprint density at radius 2 is 1.80 bits per heavy atom. The molecule has 2 saturated heterocycles. The first-order valence-electron chi connectivity index (χ1n) is 11.4. The molecule has 0 aliphatic carbocycles. The zero-order valence-corrected chi connectivity index (χ0v) is 19.2. The molecular formula is C23H27F3N6O3. The van der Waals surface area contributed by atoms with Crippen molar-refractivity contribution in [2.75, 3.05) is 33.2 Å². The van der Waals surface area contributed by atoms with Gasteiger partial charge < -0.3 is 19.4 Å². The third kappa shape index (κ3) is 6.52. The molecule has 4 rings (SSSR count). The monoisotopic (exact) mass is 492 g/mol. The third-order valence-corrected chi connectivity index (χ3v) is 6.43. The second-order valence-corrected chi connectivity index (χ2v) is 8.90. The lowest BCUT2D eigenvalue weighted by molar-refractivity contribution is -0.274. The van der Waals surface area contributed by atoms with Crippen LogP contribution < -0.4 is 4.74 Å². The van der Waals surface area contributed by atoms with E-state index in [4.69, 9.17) is 0 Å². The molecule has 0 unspecified atom stereocenters. The van der Waals surface area contributed by atoms with Gasteiger partial charge in [-0.15, -0.1) is 18.3 Å². The molecule has 2 aromatic rings. The van der Waals surface area contributed by atoms with Crippen LogP contribution in [0.5, 0.6) is 5.75 Å². The molecule has 2 fully saturated rings. The van der Waals surface area contributed by atoms with E-state index in [2.05, 4.69) is 20.1 Å². The lowest BCUT2D eigenvalue weighted by atomic mass is 9.92. The van der Waals surface area contributed by atoms with Crippen LogP contribution in [-0.4, -0.2) is 81.6 Å². The van der Waals surface area contributed by atoms with Crippen LogP contribution in [0.25, 0.3) is 6.08 Å². The lowest BCUT2D eigenvalue weighted by Gasteiger charge is -2.25. The van der Waals surface area contributed by atoms with Crippen molar-refractivity contribution in [2.24, 2.45) is 11.8 Å². The number of alkyl halides is 3. The Morgan fingerprint density at radius 1 is 1.14 bits per heavy atom. The van der Waals surface area contributed by atoms with Gasteiger partial charge in [-0.2, -0.15) is 0 Å². The molecule has 1 aromatic carbocycles. The van der Waals surface area contributed by atoms with Crippen LogP contribution in [0.15, 0.2) is 36.5 Å². The predicted octanol–water partition coefficient (Wildman–Crippen LogP) is 3.14. The van der Waals surface area contributed by atoms with Gasteiger partial charge in [0.2, 0.25) is 5.91 Å². The Labute approximate surface area is 200 Å². The maximum absolute atomic E-state index is 12.8. The number of rotatable bonds is 5. The molecule has 0 saturated carbocycles. The van der Waals surface area contributed by atoms with E-state index < -0.39 is 6.36 Å². The number of urea groups is 1. The van der Waals surface area contributed by atoms with E-state index in [1.807, 2.05) is 4.90 Å². The van der Waals surface area contributed by atoms with E-state index in [0.29, 0.717) is 50.1 Å². The van der Waals surface area contributed by atoms with E-state index in [0.717, 1.165) is 18.5 Å². The highest BCUT2D eigenvalue weighted by Crippen LogP contribution is 2.32. The number of amides is 3.